The first-order valence-electron chi connectivity index (χ1n) is 43.2. The van der Waals surface area contributed by atoms with E-state index in [0.29, 0.717) is 69.5 Å². The molecule has 14 rings (SSSR count). The number of aromatic nitrogens is 13. The fourth-order valence-corrected chi connectivity index (χ4v) is 12.3. The van der Waals surface area contributed by atoms with Crippen molar-refractivity contribution >= 4 is 39.3 Å². The van der Waals surface area contributed by atoms with Crippen LogP contribution in [0.3, 0.4) is 0 Å². The third kappa shape index (κ3) is 46.2. The van der Waals surface area contributed by atoms with Gasteiger partial charge >= 0.3 is 0 Å². The number of rotatable bonds is 9. The Kier molecular flexibility index (Phi) is 50.3. The number of nitrogens with one attached hydrogen (secondary N) is 1. The van der Waals surface area contributed by atoms with Crippen LogP contribution in [-0.4, -0.2) is 76.4 Å². The van der Waals surface area contributed by atoms with Gasteiger partial charge in [-0.15, -0.1) is 11.3 Å². The van der Waals surface area contributed by atoms with Crippen LogP contribution in [-0.2, 0) is 35.8 Å². The van der Waals surface area contributed by atoms with E-state index in [-0.39, 0.29) is 5.41 Å². The van der Waals surface area contributed by atoms with Gasteiger partial charge in [0.05, 0.1) is 23.4 Å². The summed E-state index contributed by atoms with van der Waals surface area (Å²) in [5, 5.41) is 12.0. The van der Waals surface area contributed by atoms with Gasteiger partial charge in [-0.2, -0.15) is 16.4 Å². The molecule has 0 unspecified atom stereocenters. The Bertz CT molecular complexity index is 4420. The van der Waals surface area contributed by atoms with E-state index in [4.69, 9.17) is 0 Å². The van der Waals surface area contributed by atoms with Crippen molar-refractivity contribution in [1.29, 1.82) is 0 Å². The Balaban J connectivity index is 0.000000445. The molecule has 0 amide bonds. The highest BCUT2D eigenvalue weighted by Crippen LogP contribution is 2.28. The number of thiophene rings is 2. The SMILES string of the molecule is CC(C)(C)c1ccccc1.CC(C)(C)c1ccccn1.CC(C)(C)c1cccs1.CC(C)(C)c1ccsc1.CC(C)C1=CCC=C1.CC(C)C1=NCC=C1.CC(C)c1ccncc1.CC(C)c1cnc2ccccc2c1.CC(C)c1cnccn1.CC(C)c1cncnc1.CC(C)c1ncc[nH]1.CC(C)c1nccn1C.Cc1cc(C(C)C)nn1C. The number of nitrogens with zero attached hydrogens (tertiary/aromatic N) is 13. The zero-order chi connectivity index (χ0) is 90.9. The molecular formula is C105H154N14S2. The number of benzene rings is 2. The van der Waals surface area contributed by atoms with Gasteiger partial charge in [-0.1, -0.05) is 293 Å². The summed E-state index contributed by atoms with van der Waals surface area (Å²) in [5.41, 5.74) is 16.2. The average Bonchev–Trinajstić information content (AvgIpc) is 1.84. The quantitative estimate of drug-likeness (QED) is 0.147. The van der Waals surface area contributed by atoms with E-state index >= 15 is 0 Å². The monoisotopic (exact) mass is 1680 g/mol. The molecule has 11 heterocycles. The summed E-state index contributed by atoms with van der Waals surface area (Å²) < 4.78 is 3.96. The van der Waals surface area contributed by atoms with Crippen LogP contribution in [0, 0.1) is 18.8 Å². The maximum absolute atomic E-state index is 4.40. The Morgan fingerprint density at radius 3 is 1.37 bits per heavy atom. The molecule has 16 heteroatoms. The number of H-pyrrole nitrogens is 1. The maximum Gasteiger partial charge on any atom is 0.115 e. The van der Waals surface area contributed by atoms with E-state index in [1.54, 1.807) is 42.5 Å². The topological polar surface area (TPSA) is 167 Å². The molecule has 0 saturated heterocycles. The van der Waals surface area contributed by atoms with Gasteiger partial charge in [0.15, 0.2) is 0 Å². The molecule has 2 aliphatic rings. The summed E-state index contributed by atoms with van der Waals surface area (Å²) >= 11 is 3.60. The predicted molar refractivity (Wildman–Crippen MR) is 525 cm³/mol. The molecule has 10 aromatic heterocycles. The lowest BCUT2D eigenvalue weighted by Gasteiger charge is -2.18. The molecule has 12 aromatic rings. The number of hydrogen-bond acceptors (Lipinski definition) is 13. The first kappa shape index (κ1) is 107. The Labute approximate surface area is 741 Å². The summed E-state index contributed by atoms with van der Waals surface area (Å²) in [7, 11) is 3.99. The number of aliphatic imine (C=N–C) groups is 1. The molecule has 656 valence electrons. The molecule has 1 aliphatic heterocycles. The van der Waals surface area contributed by atoms with E-state index in [1.807, 2.05) is 133 Å². The fourth-order valence-electron chi connectivity index (χ4n) is 10.6. The Morgan fingerprint density at radius 1 is 0.430 bits per heavy atom. The average molecular weight is 1680 g/mol. The van der Waals surface area contributed by atoms with Crippen molar-refractivity contribution in [1.82, 2.24) is 64.2 Å². The first-order chi connectivity index (χ1) is 56.8. The predicted octanol–water partition coefficient (Wildman–Crippen LogP) is 29.3. The Morgan fingerprint density at radius 2 is 1.05 bits per heavy atom. The molecular weight excluding hydrogens is 1520 g/mol. The minimum absolute atomic E-state index is 0.182. The molecule has 0 spiro atoms. The normalized spacial score (nSPS) is 11.8. The molecule has 0 fully saturated rings. The lowest BCUT2D eigenvalue weighted by molar-refractivity contribution is 0.569. The van der Waals surface area contributed by atoms with Gasteiger partial charge in [0, 0.05) is 139 Å². The number of aromatic amines is 1. The zero-order valence-electron chi connectivity index (χ0n) is 80.4. The molecule has 0 saturated carbocycles. The van der Waals surface area contributed by atoms with E-state index in [9.17, 15) is 0 Å². The smallest absolute Gasteiger partial charge is 0.115 e. The van der Waals surface area contributed by atoms with Crippen LogP contribution in [0.2, 0.25) is 0 Å². The molecule has 0 radical (unpaired) electrons. The molecule has 121 heavy (non-hydrogen) atoms. The molecule has 1 aliphatic carbocycles. The number of aryl methyl sites for hydroxylation is 3. The van der Waals surface area contributed by atoms with Gasteiger partial charge in [-0.05, 0) is 181 Å². The number of pyridine rings is 3. The molecule has 1 N–H and O–H groups in total. The van der Waals surface area contributed by atoms with Crippen molar-refractivity contribution in [2.45, 2.75) is 284 Å². The third-order valence-electron chi connectivity index (χ3n) is 18.7. The van der Waals surface area contributed by atoms with E-state index in [1.165, 1.54) is 60.8 Å². The highest BCUT2D eigenvalue weighted by atomic mass is 32.1. The second-order valence-electron chi connectivity index (χ2n) is 36.7. The lowest BCUT2D eigenvalue weighted by Crippen LogP contribution is -2.12. The van der Waals surface area contributed by atoms with Crippen molar-refractivity contribution in [2.75, 3.05) is 6.54 Å². The second-order valence-corrected chi connectivity index (χ2v) is 38.4. The third-order valence-corrected chi connectivity index (χ3v) is 20.7. The van der Waals surface area contributed by atoms with E-state index < -0.39 is 0 Å². The zero-order valence-corrected chi connectivity index (χ0v) is 82.0. The summed E-state index contributed by atoms with van der Waals surface area (Å²) in [5.74, 6) is 7.31. The first-order valence-corrected chi connectivity index (χ1v) is 45.0. The van der Waals surface area contributed by atoms with Crippen LogP contribution in [0.15, 0.2) is 259 Å². The number of hydrogen-bond donors (Lipinski definition) is 1. The van der Waals surface area contributed by atoms with Crippen molar-refractivity contribution in [2.24, 2.45) is 30.9 Å². The van der Waals surface area contributed by atoms with Gasteiger partial charge in [-0.25, -0.2) is 19.9 Å². The summed E-state index contributed by atoms with van der Waals surface area (Å²) in [6, 6.07) is 39.7. The van der Waals surface area contributed by atoms with Gasteiger partial charge in [0.25, 0.3) is 0 Å². The Hall–Kier alpha value is -9.77. The summed E-state index contributed by atoms with van der Waals surface area (Å²) in [4.78, 5) is 45.4. The van der Waals surface area contributed by atoms with Gasteiger partial charge in [-0.3, -0.25) is 34.6 Å². The van der Waals surface area contributed by atoms with Crippen molar-refractivity contribution in [3.63, 3.8) is 0 Å². The molecule has 14 nitrogen and oxygen atoms in total. The van der Waals surface area contributed by atoms with Gasteiger partial charge in [0.1, 0.15) is 18.0 Å². The largest absolute Gasteiger partial charge is 0.348 e. The van der Waals surface area contributed by atoms with E-state index in [0.717, 1.165) is 41.5 Å². The van der Waals surface area contributed by atoms with Crippen LogP contribution < -0.4 is 0 Å². The summed E-state index contributed by atoms with van der Waals surface area (Å²) in [6.45, 7) is 68.3. The number of allylic oxidation sites excluding steroid dienone is 5. The van der Waals surface area contributed by atoms with Gasteiger partial charge in [0.2, 0.25) is 0 Å². The fraction of sp³-hybridized carbons (Fsp3) is 0.457. The number of imidazole rings is 2. The van der Waals surface area contributed by atoms with Crippen LogP contribution >= 0.6 is 22.7 Å². The summed E-state index contributed by atoms with van der Waals surface area (Å²) in [6.07, 6.45) is 37.3. The highest BCUT2D eigenvalue weighted by Gasteiger charge is 2.16. The standard InChI is InChI=1S/C12H13N.C10H14.C9H13N.C8H14N2.C8H11N.2C8H12S.C8H12.C7H10N2.C7H12N2.C7H10N2.C7H11N.C6H10N2/c1-9(2)11-7-10-5-3-4-6-12(10)13-8-11;1-10(2,3)9-7-5-4-6-8-9;1-9(2,3)8-6-4-5-7-10-8;1-6(2)8-5-7(3)10(4)9-8;1-7(2)8-3-5-9-6-4-8;1-8(2,3)7-4-5-9-6-7;1-8(2,3)7-5-4-6-9-7;1-7(2)8-5-3-4-6-8;1-6(2)7-3-8-5-9-4-7;1-6(2)7-8-4-5-9(7)3;1-6(2)7-5-8-3-4-9-7;1-6(2)7-4-3-5-8-7;1-5(2)6-7-3-4-8-6/h3-9H,1-2H3;4-8H,1-3H3;4-7H,1-3H3;5-6H,1-4H3;3-7H,1-2H3;2*4-6H,1-3H3;3,5-7H,4H2,1-2H3;3-6H,1-2H3;4-6H,1-3H3;3-6H,1-2H3;3-4,6H,5H2,1-2H3;3-5H,1-2H3,(H,7,8). The van der Waals surface area contributed by atoms with Crippen molar-refractivity contribution in [3.05, 3.63) is 321 Å². The van der Waals surface area contributed by atoms with E-state index in [2.05, 4.69) is 394 Å². The lowest BCUT2D eigenvalue weighted by atomic mass is 9.87. The number of para-hydroxylation sites is 1. The maximum atomic E-state index is 4.40. The minimum atomic E-state index is 0.182. The molecule has 0 bridgehead atoms. The molecule has 2 aromatic carbocycles. The van der Waals surface area contributed by atoms with Crippen LogP contribution in [0.5, 0.6) is 0 Å². The highest BCUT2D eigenvalue weighted by molar-refractivity contribution is 7.10. The van der Waals surface area contributed by atoms with Crippen molar-refractivity contribution in [3.8, 4) is 0 Å². The minimum Gasteiger partial charge on any atom is -0.348 e. The second kappa shape index (κ2) is 56.8. The van der Waals surface area contributed by atoms with Gasteiger partial charge < -0.3 is 9.55 Å². The molecule has 0 atom stereocenters. The number of fused-ring (bicyclic) bond motifs is 1. The van der Waals surface area contributed by atoms with Crippen molar-refractivity contribution < 1.29 is 0 Å². The van der Waals surface area contributed by atoms with Crippen LogP contribution in [0.4, 0.5) is 0 Å². The van der Waals surface area contributed by atoms with Crippen LogP contribution in [0.25, 0.3) is 10.9 Å². The van der Waals surface area contributed by atoms with Crippen LogP contribution in [0.1, 0.15) is 323 Å².